The molecule has 0 bridgehead atoms. The zero-order chi connectivity index (χ0) is 12.1. The average Bonchev–Trinajstić information content (AvgIpc) is 2.79. The van der Waals surface area contributed by atoms with E-state index in [1.165, 1.54) is 23.9 Å². The molecular weight excluding hydrogens is 255 g/mol. The second kappa shape index (κ2) is 6.19. The van der Waals surface area contributed by atoms with Gasteiger partial charge in [-0.3, -0.25) is 0 Å². The molecule has 1 aromatic carbocycles. The van der Waals surface area contributed by atoms with Crippen LogP contribution in [0, 0.1) is 5.82 Å². The Morgan fingerprint density at radius 2 is 2.24 bits per heavy atom. The van der Waals surface area contributed by atoms with Gasteiger partial charge in [0.05, 0.1) is 6.10 Å². The van der Waals surface area contributed by atoms with E-state index in [1.54, 1.807) is 17.4 Å². The number of hydrogen-bond acceptors (Lipinski definition) is 3. The molecule has 0 spiro atoms. The average molecular weight is 268 g/mol. The Kier molecular flexibility index (Phi) is 4.59. The summed E-state index contributed by atoms with van der Waals surface area (Å²) in [6.07, 6.45) is 0.268. The Balaban J connectivity index is 1.82. The lowest BCUT2D eigenvalue weighted by molar-refractivity contribution is 0.200. The summed E-state index contributed by atoms with van der Waals surface area (Å²) >= 11 is 3.11. The molecular formula is C13H13FOS2. The molecule has 0 aliphatic carbocycles. The fourth-order valence-electron chi connectivity index (χ4n) is 1.49. The highest BCUT2D eigenvalue weighted by Gasteiger charge is 2.07. The first-order valence-electron chi connectivity index (χ1n) is 5.31. The zero-order valence-corrected chi connectivity index (χ0v) is 10.8. The maximum absolute atomic E-state index is 12.9. The number of halogens is 1. The number of aliphatic hydroxyl groups is 1. The predicted octanol–water partition coefficient (Wildman–Crippen LogP) is 3.58. The zero-order valence-electron chi connectivity index (χ0n) is 9.17. The van der Waals surface area contributed by atoms with E-state index in [2.05, 4.69) is 0 Å². The normalized spacial score (nSPS) is 12.6. The smallest absolute Gasteiger partial charge is 0.124 e. The maximum Gasteiger partial charge on any atom is 0.124 e. The minimum Gasteiger partial charge on any atom is -0.392 e. The third kappa shape index (κ3) is 4.15. The molecule has 0 aliphatic heterocycles. The summed E-state index contributed by atoms with van der Waals surface area (Å²) in [6, 6.07) is 8.46. The van der Waals surface area contributed by atoms with E-state index in [4.69, 9.17) is 0 Å². The van der Waals surface area contributed by atoms with E-state index in [-0.39, 0.29) is 5.82 Å². The van der Waals surface area contributed by atoms with Crippen LogP contribution >= 0.6 is 23.1 Å². The molecule has 0 saturated heterocycles. The SMILES string of the molecule is OC(CSc1cccc(F)c1)Cc1ccsc1. The molecule has 1 aromatic heterocycles. The molecule has 0 fully saturated rings. The van der Waals surface area contributed by atoms with Gasteiger partial charge in [0.25, 0.3) is 0 Å². The van der Waals surface area contributed by atoms with Gasteiger partial charge >= 0.3 is 0 Å². The summed E-state index contributed by atoms with van der Waals surface area (Å²) in [5.74, 6) is 0.349. The standard InChI is InChI=1S/C13H13FOS2/c14-11-2-1-3-13(7-11)17-9-12(15)6-10-4-5-16-8-10/h1-5,7-8,12,15H,6,9H2. The van der Waals surface area contributed by atoms with Crippen LogP contribution in [0.25, 0.3) is 0 Å². The van der Waals surface area contributed by atoms with Gasteiger partial charge in [-0.15, -0.1) is 11.8 Å². The van der Waals surface area contributed by atoms with Crippen LogP contribution in [0.4, 0.5) is 4.39 Å². The molecule has 0 saturated carbocycles. The molecule has 2 aromatic rings. The molecule has 1 heterocycles. The number of aliphatic hydroxyl groups excluding tert-OH is 1. The van der Waals surface area contributed by atoms with Crippen molar-refractivity contribution < 1.29 is 9.50 Å². The van der Waals surface area contributed by atoms with Crippen LogP contribution in [0.5, 0.6) is 0 Å². The first kappa shape index (κ1) is 12.6. The lowest BCUT2D eigenvalue weighted by Gasteiger charge is -2.09. The van der Waals surface area contributed by atoms with Gasteiger partial charge in [-0.2, -0.15) is 11.3 Å². The Labute approximate surface area is 108 Å². The second-order valence-corrected chi connectivity index (χ2v) is 5.63. The number of rotatable bonds is 5. The van der Waals surface area contributed by atoms with E-state index in [0.717, 1.165) is 10.5 Å². The van der Waals surface area contributed by atoms with Crippen molar-refractivity contribution >= 4 is 23.1 Å². The summed E-state index contributed by atoms with van der Waals surface area (Å²) in [6.45, 7) is 0. The van der Waals surface area contributed by atoms with E-state index in [1.807, 2.05) is 22.9 Å². The number of thioether (sulfide) groups is 1. The van der Waals surface area contributed by atoms with E-state index in [0.29, 0.717) is 12.2 Å². The third-order valence-electron chi connectivity index (χ3n) is 2.29. The molecule has 1 unspecified atom stereocenters. The van der Waals surface area contributed by atoms with Gasteiger partial charge in [-0.05, 0) is 47.0 Å². The van der Waals surface area contributed by atoms with Crippen LogP contribution in [0.15, 0.2) is 46.0 Å². The molecule has 17 heavy (non-hydrogen) atoms. The van der Waals surface area contributed by atoms with Crippen molar-refractivity contribution in [2.24, 2.45) is 0 Å². The molecule has 4 heteroatoms. The Morgan fingerprint density at radius 1 is 1.35 bits per heavy atom. The first-order chi connectivity index (χ1) is 8.24. The van der Waals surface area contributed by atoms with Crippen LogP contribution in [0.2, 0.25) is 0 Å². The first-order valence-corrected chi connectivity index (χ1v) is 7.24. The minimum atomic E-state index is -0.391. The summed E-state index contributed by atoms with van der Waals surface area (Å²) < 4.78 is 12.9. The van der Waals surface area contributed by atoms with Gasteiger partial charge in [0.2, 0.25) is 0 Å². The highest BCUT2D eigenvalue weighted by Crippen LogP contribution is 2.20. The van der Waals surface area contributed by atoms with Crippen LogP contribution in [0.1, 0.15) is 5.56 Å². The van der Waals surface area contributed by atoms with Gasteiger partial charge in [0, 0.05) is 10.6 Å². The second-order valence-electron chi connectivity index (χ2n) is 3.76. The largest absolute Gasteiger partial charge is 0.392 e. The monoisotopic (exact) mass is 268 g/mol. The van der Waals surface area contributed by atoms with Gasteiger partial charge in [0.15, 0.2) is 0 Å². The number of hydrogen-bond donors (Lipinski definition) is 1. The summed E-state index contributed by atoms with van der Waals surface area (Å²) in [5.41, 5.74) is 1.15. The van der Waals surface area contributed by atoms with E-state index in [9.17, 15) is 9.50 Å². The molecule has 0 radical (unpaired) electrons. The minimum absolute atomic E-state index is 0.234. The maximum atomic E-state index is 12.9. The van der Waals surface area contributed by atoms with Crippen molar-refractivity contribution in [1.29, 1.82) is 0 Å². The molecule has 0 amide bonds. The summed E-state index contributed by atoms with van der Waals surface area (Å²) in [5, 5.41) is 13.9. The van der Waals surface area contributed by atoms with Crippen molar-refractivity contribution in [2.75, 3.05) is 5.75 Å². The quantitative estimate of drug-likeness (QED) is 0.836. The van der Waals surface area contributed by atoms with Gasteiger partial charge in [0.1, 0.15) is 5.82 Å². The Bertz CT molecular complexity index is 456. The molecule has 1 nitrogen and oxygen atoms in total. The van der Waals surface area contributed by atoms with Gasteiger partial charge in [-0.25, -0.2) is 4.39 Å². The van der Waals surface area contributed by atoms with Crippen molar-refractivity contribution in [3.05, 3.63) is 52.5 Å². The van der Waals surface area contributed by atoms with E-state index >= 15 is 0 Å². The molecule has 1 N–H and O–H groups in total. The highest BCUT2D eigenvalue weighted by molar-refractivity contribution is 7.99. The van der Waals surface area contributed by atoms with Crippen LogP contribution in [-0.2, 0) is 6.42 Å². The number of benzene rings is 1. The topological polar surface area (TPSA) is 20.2 Å². The summed E-state index contributed by atoms with van der Waals surface area (Å²) in [7, 11) is 0. The van der Waals surface area contributed by atoms with Gasteiger partial charge < -0.3 is 5.11 Å². The fraction of sp³-hybridized carbons (Fsp3) is 0.231. The molecule has 2 rings (SSSR count). The summed E-state index contributed by atoms with van der Waals surface area (Å²) in [4.78, 5) is 0.856. The van der Waals surface area contributed by atoms with E-state index < -0.39 is 6.10 Å². The Morgan fingerprint density at radius 3 is 2.94 bits per heavy atom. The number of thiophene rings is 1. The lowest BCUT2D eigenvalue weighted by atomic mass is 10.2. The predicted molar refractivity (Wildman–Crippen MR) is 71.2 cm³/mol. The Hall–Kier alpha value is -0.840. The molecule has 1 atom stereocenters. The van der Waals surface area contributed by atoms with Crippen molar-refractivity contribution in [3.63, 3.8) is 0 Å². The third-order valence-corrected chi connectivity index (χ3v) is 4.16. The highest BCUT2D eigenvalue weighted by atomic mass is 32.2. The van der Waals surface area contributed by atoms with Crippen LogP contribution < -0.4 is 0 Å². The van der Waals surface area contributed by atoms with Crippen LogP contribution in [-0.4, -0.2) is 17.0 Å². The lowest BCUT2D eigenvalue weighted by Crippen LogP contribution is -2.12. The molecule has 0 aliphatic rings. The van der Waals surface area contributed by atoms with Crippen molar-refractivity contribution in [3.8, 4) is 0 Å². The molecule has 90 valence electrons. The fourth-order valence-corrected chi connectivity index (χ4v) is 3.04. The van der Waals surface area contributed by atoms with Crippen molar-refractivity contribution in [2.45, 2.75) is 17.4 Å². The van der Waals surface area contributed by atoms with Gasteiger partial charge in [-0.1, -0.05) is 6.07 Å². The van der Waals surface area contributed by atoms with Crippen LogP contribution in [0.3, 0.4) is 0 Å². The van der Waals surface area contributed by atoms with Crippen molar-refractivity contribution in [1.82, 2.24) is 0 Å².